The van der Waals surface area contributed by atoms with Crippen molar-refractivity contribution >= 4 is 35.2 Å². The van der Waals surface area contributed by atoms with Crippen LogP contribution in [0.4, 0.5) is 16.2 Å². The summed E-state index contributed by atoms with van der Waals surface area (Å²) in [6.45, 7) is 8.10. The Labute approximate surface area is 193 Å². The molecular formula is C25H29N3O5. The number of anilines is 2. The lowest BCUT2D eigenvalue weighted by Crippen LogP contribution is -2.40. The van der Waals surface area contributed by atoms with Crippen LogP contribution in [0.5, 0.6) is 0 Å². The molecule has 0 aromatic heterocycles. The predicted molar refractivity (Wildman–Crippen MR) is 125 cm³/mol. The van der Waals surface area contributed by atoms with Crippen molar-refractivity contribution in [1.29, 1.82) is 0 Å². The van der Waals surface area contributed by atoms with Crippen LogP contribution < -0.4 is 10.2 Å². The molecule has 0 saturated carbocycles. The molecule has 2 aromatic rings. The molecule has 0 unspecified atom stereocenters. The summed E-state index contributed by atoms with van der Waals surface area (Å²) in [6.07, 6.45) is -0.191. The Hall–Kier alpha value is -3.68. The summed E-state index contributed by atoms with van der Waals surface area (Å²) in [7, 11) is 0. The third kappa shape index (κ3) is 5.58. The van der Waals surface area contributed by atoms with Crippen LogP contribution in [-0.2, 0) is 14.3 Å². The lowest BCUT2D eigenvalue weighted by molar-refractivity contribution is -0.124. The summed E-state index contributed by atoms with van der Waals surface area (Å²) in [6, 6.07) is 12.2. The van der Waals surface area contributed by atoms with Crippen LogP contribution in [0, 0.1) is 12.8 Å². The molecule has 1 atom stereocenters. The lowest BCUT2D eigenvalue weighted by atomic mass is 10.1. The second-order valence-corrected chi connectivity index (χ2v) is 8.41. The van der Waals surface area contributed by atoms with Crippen molar-refractivity contribution in [2.45, 2.75) is 40.2 Å². The van der Waals surface area contributed by atoms with Crippen LogP contribution in [0.1, 0.15) is 43.1 Å². The Balaban J connectivity index is 1.79. The van der Waals surface area contributed by atoms with Crippen molar-refractivity contribution in [3.05, 3.63) is 59.7 Å². The van der Waals surface area contributed by atoms with E-state index in [0.29, 0.717) is 23.5 Å². The minimum atomic E-state index is -0.909. The molecule has 1 N–H and O–H groups in total. The van der Waals surface area contributed by atoms with Crippen LogP contribution in [0.3, 0.4) is 0 Å². The second-order valence-electron chi connectivity index (χ2n) is 8.41. The van der Waals surface area contributed by atoms with Gasteiger partial charge in [0.1, 0.15) is 6.04 Å². The Kier molecular flexibility index (Phi) is 7.48. The molecular weight excluding hydrogens is 422 g/mol. The van der Waals surface area contributed by atoms with E-state index >= 15 is 0 Å². The van der Waals surface area contributed by atoms with Crippen LogP contribution in [0.15, 0.2) is 48.5 Å². The van der Waals surface area contributed by atoms with E-state index in [1.807, 2.05) is 26.8 Å². The lowest BCUT2D eigenvalue weighted by Gasteiger charge is -2.23. The summed E-state index contributed by atoms with van der Waals surface area (Å²) in [5, 5.41) is 2.72. The third-order valence-electron chi connectivity index (χ3n) is 5.18. The average Bonchev–Trinajstić information content (AvgIpc) is 2.97. The zero-order valence-corrected chi connectivity index (χ0v) is 19.3. The number of carbonyl (C=O) groups excluding carboxylic acids is 4. The summed E-state index contributed by atoms with van der Waals surface area (Å²) in [4.78, 5) is 53.8. The van der Waals surface area contributed by atoms with Gasteiger partial charge in [0.25, 0.3) is 5.91 Å². The SMILES string of the molecule is CCOC(=O)c1cccc(NC(=O)C[C@@H]2C(=O)N(c3cccc(C)c3)C(=O)N2CC(C)C)c1. The number of urea groups is 1. The van der Waals surface area contributed by atoms with E-state index in [1.54, 1.807) is 43.3 Å². The number of nitrogens with zero attached hydrogens (tertiary/aromatic N) is 2. The van der Waals surface area contributed by atoms with Crippen LogP contribution >= 0.6 is 0 Å². The number of imide groups is 1. The molecule has 0 spiro atoms. The van der Waals surface area contributed by atoms with E-state index in [0.717, 1.165) is 10.5 Å². The van der Waals surface area contributed by atoms with Gasteiger partial charge in [-0.3, -0.25) is 9.59 Å². The van der Waals surface area contributed by atoms with Gasteiger partial charge in [0.2, 0.25) is 5.91 Å². The maximum atomic E-state index is 13.2. The van der Waals surface area contributed by atoms with Crippen LogP contribution in [0.25, 0.3) is 0 Å². The molecule has 1 aliphatic rings. The number of aryl methyl sites for hydroxylation is 1. The maximum absolute atomic E-state index is 13.2. The molecule has 4 amide bonds. The highest BCUT2D eigenvalue weighted by molar-refractivity contribution is 6.22. The normalized spacial score (nSPS) is 15.8. The first-order chi connectivity index (χ1) is 15.7. The fourth-order valence-corrected chi connectivity index (χ4v) is 3.77. The molecule has 174 valence electrons. The monoisotopic (exact) mass is 451 g/mol. The maximum Gasteiger partial charge on any atom is 0.338 e. The highest BCUT2D eigenvalue weighted by Crippen LogP contribution is 2.28. The van der Waals surface area contributed by atoms with Crippen molar-refractivity contribution in [1.82, 2.24) is 4.90 Å². The highest BCUT2D eigenvalue weighted by atomic mass is 16.5. The van der Waals surface area contributed by atoms with E-state index in [1.165, 1.54) is 11.0 Å². The van der Waals surface area contributed by atoms with Crippen molar-refractivity contribution in [3.8, 4) is 0 Å². The molecule has 3 rings (SSSR count). The summed E-state index contributed by atoms with van der Waals surface area (Å²) >= 11 is 0. The van der Waals surface area contributed by atoms with E-state index in [-0.39, 0.29) is 18.9 Å². The Morgan fingerprint density at radius 2 is 1.82 bits per heavy atom. The van der Waals surface area contributed by atoms with Gasteiger partial charge in [-0.15, -0.1) is 0 Å². The van der Waals surface area contributed by atoms with E-state index in [2.05, 4.69) is 5.32 Å². The van der Waals surface area contributed by atoms with Gasteiger partial charge in [-0.2, -0.15) is 0 Å². The molecule has 0 aliphatic carbocycles. The zero-order chi connectivity index (χ0) is 24.1. The molecule has 0 radical (unpaired) electrons. The Morgan fingerprint density at radius 1 is 1.09 bits per heavy atom. The first kappa shape index (κ1) is 24.0. The second kappa shape index (κ2) is 10.3. The summed E-state index contributed by atoms with van der Waals surface area (Å²) < 4.78 is 4.99. The highest BCUT2D eigenvalue weighted by Gasteiger charge is 2.46. The number of carbonyl (C=O) groups is 4. The molecule has 1 aliphatic heterocycles. The van der Waals surface area contributed by atoms with Crippen molar-refractivity contribution < 1.29 is 23.9 Å². The third-order valence-corrected chi connectivity index (χ3v) is 5.18. The van der Waals surface area contributed by atoms with Gasteiger partial charge in [0.15, 0.2) is 0 Å². The van der Waals surface area contributed by atoms with Gasteiger partial charge in [-0.05, 0) is 55.7 Å². The average molecular weight is 452 g/mol. The van der Waals surface area contributed by atoms with E-state index < -0.39 is 29.9 Å². The standard InChI is InChI=1S/C25H29N3O5/c1-5-33-24(31)18-9-7-10-19(13-18)26-22(29)14-21-23(30)28(20-11-6-8-17(4)12-20)25(32)27(21)15-16(2)3/h6-13,16,21H,5,14-15H2,1-4H3,(H,26,29)/t21-/m1/s1. The fourth-order valence-electron chi connectivity index (χ4n) is 3.77. The van der Waals surface area contributed by atoms with Gasteiger partial charge in [0, 0.05) is 12.2 Å². The first-order valence-corrected chi connectivity index (χ1v) is 11.0. The van der Waals surface area contributed by atoms with Gasteiger partial charge in [-0.25, -0.2) is 14.5 Å². The molecule has 2 aromatic carbocycles. The largest absolute Gasteiger partial charge is 0.462 e. The number of amides is 4. The molecule has 8 nitrogen and oxygen atoms in total. The van der Waals surface area contributed by atoms with E-state index in [4.69, 9.17) is 4.74 Å². The molecule has 33 heavy (non-hydrogen) atoms. The quantitative estimate of drug-likeness (QED) is 0.484. The predicted octanol–water partition coefficient (Wildman–Crippen LogP) is 3.99. The van der Waals surface area contributed by atoms with Gasteiger partial charge < -0.3 is 15.0 Å². The number of benzene rings is 2. The van der Waals surface area contributed by atoms with Crippen molar-refractivity contribution in [2.75, 3.05) is 23.4 Å². The molecule has 1 saturated heterocycles. The topological polar surface area (TPSA) is 96.0 Å². The van der Waals surface area contributed by atoms with E-state index in [9.17, 15) is 19.2 Å². The molecule has 1 fully saturated rings. The number of nitrogens with one attached hydrogen (secondary N) is 1. The van der Waals surface area contributed by atoms with Gasteiger partial charge >= 0.3 is 12.0 Å². The van der Waals surface area contributed by atoms with Crippen LogP contribution in [-0.4, -0.2) is 47.9 Å². The number of rotatable bonds is 8. The van der Waals surface area contributed by atoms with Crippen molar-refractivity contribution in [2.24, 2.45) is 5.92 Å². The van der Waals surface area contributed by atoms with Crippen molar-refractivity contribution in [3.63, 3.8) is 0 Å². The molecule has 8 heteroatoms. The number of esters is 1. The molecule has 1 heterocycles. The summed E-state index contributed by atoms with van der Waals surface area (Å²) in [5.41, 5.74) is 2.14. The fraction of sp³-hybridized carbons (Fsp3) is 0.360. The number of hydrogen-bond acceptors (Lipinski definition) is 5. The number of hydrogen-bond donors (Lipinski definition) is 1. The Morgan fingerprint density at radius 3 is 2.48 bits per heavy atom. The summed E-state index contributed by atoms with van der Waals surface area (Å²) in [5.74, 6) is -1.23. The Bertz CT molecular complexity index is 1070. The molecule has 0 bridgehead atoms. The number of ether oxygens (including phenoxy) is 1. The van der Waals surface area contributed by atoms with Gasteiger partial charge in [0.05, 0.1) is 24.3 Å². The van der Waals surface area contributed by atoms with Crippen LogP contribution in [0.2, 0.25) is 0 Å². The smallest absolute Gasteiger partial charge is 0.338 e. The first-order valence-electron chi connectivity index (χ1n) is 11.0. The van der Waals surface area contributed by atoms with Gasteiger partial charge in [-0.1, -0.05) is 32.0 Å². The minimum Gasteiger partial charge on any atom is -0.462 e. The minimum absolute atomic E-state index is 0.117. The zero-order valence-electron chi connectivity index (χ0n) is 19.3.